The van der Waals surface area contributed by atoms with Gasteiger partial charge in [0, 0.05) is 24.0 Å². The molecule has 0 saturated heterocycles. The van der Waals surface area contributed by atoms with E-state index in [-0.39, 0.29) is 6.17 Å². The molecular weight excluding hydrogens is 256 g/mol. The van der Waals surface area contributed by atoms with E-state index in [1.807, 2.05) is 30.3 Å². The molecule has 0 saturated carbocycles. The summed E-state index contributed by atoms with van der Waals surface area (Å²) in [5, 5.41) is 2.74. The average molecular weight is 272 g/mol. The number of rotatable bonds is 5. The third-order valence-electron chi connectivity index (χ3n) is 2.91. The first kappa shape index (κ1) is 13.9. The molecule has 1 aromatic carbocycles. The maximum atomic E-state index is 11.3. The third-order valence-corrected chi connectivity index (χ3v) is 2.91. The highest BCUT2D eigenvalue weighted by atomic mass is 16.5. The van der Waals surface area contributed by atoms with Crippen LogP contribution in [0.3, 0.4) is 0 Å². The van der Waals surface area contributed by atoms with E-state index in [1.165, 1.54) is 6.08 Å². The Kier molecular flexibility index (Phi) is 4.55. The van der Waals surface area contributed by atoms with Crippen molar-refractivity contribution >= 4 is 18.5 Å². The minimum absolute atomic E-state index is 0.331. The molecule has 1 aliphatic heterocycles. The Balaban J connectivity index is 2.22. The Morgan fingerprint density at radius 3 is 3.00 bits per heavy atom. The number of fused-ring (bicyclic) bond motifs is 1. The molecule has 0 radical (unpaired) electrons. The second kappa shape index (κ2) is 6.56. The van der Waals surface area contributed by atoms with Crippen LogP contribution in [0.2, 0.25) is 0 Å². The maximum absolute atomic E-state index is 11.3. The fourth-order valence-corrected chi connectivity index (χ4v) is 2.04. The Morgan fingerprint density at radius 1 is 1.45 bits per heavy atom. The van der Waals surface area contributed by atoms with Crippen LogP contribution in [0.5, 0.6) is 0 Å². The molecule has 5 nitrogen and oxygen atoms in total. The zero-order valence-electron chi connectivity index (χ0n) is 11.2. The van der Waals surface area contributed by atoms with Crippen LogP contribution in [0.4, 0.5) is 0 Å². The summed E-state index contributed by atoms with van der Waals surface area (Å²) < 4.78 is 4.83. The smallest absolute Gasteiger partial charge is 0.332 e. The quantitative estimate of drug-likeness (QED) is 0.504. The molecule has 104 valence electrons. The second-order valence-corrected chi connectivity index (χ2v) is 4.15. The summed E-state index contributed by atoms with van der Waals surface area (Å²) in [6.45, 7) is 2.08. The van der Waals surface area contributed by atoms with E-state index < -0.39 is 5.97 Å². The van der Waals surface area contributed by atoms with Gasteiger partial charge in [-0.05, 0) is 18.6 Å². The highest BCUT2D eigenvalue weighted by Crippen LogP contribution is 2.28. The molecule has 1 aliphatic rings. The standard InChI is InChI=1S/C15H16N2O3/c1-2-20-14(19)8-10-17-9-7-12-5-3-4-6-13(12)15(17)16-11-18/h3-11,15H,2H2,1H3,(H,16,18)/b10-8+. The number of esters is 1. The van der Waals surface area contributed by atoms with Crippen molar-refractivity contribution < 1.29 is 14.3 Å². The van der Waals surface area contributed by atoms with Crippen LogP contribution in [0, 0.1) is 0 Å². The van der Waals surface area contributed by atoms with Gasteiger partial charge in [0.2, 0.25) is 6.41 Å². The Hall–Kier alpha value is -2.56. The summed E-state index contributed by atoms with van der Waals surface area (Å²) in [5.74, 6) is -0.412. The summed E-state index contributed by atoms with van der Waals surface area (Å²) in [7, 11) is 0. The van der Waals surface area contributed by atoms with Gasteiger partial charge in [0.15, 0.2) is 0 Å². The van der Waals surface area contributed by atoms with Gasteiger partial charge in [-0.25, -0.2) is 4.79 Å². The van der Waals surface area contributed by atoms with Crippen LogP contribution < -0.4 is 5.32 Å². The number of nitrogens with zero attached hydrogens (tertiary/aromatic N) is 1. The van der Waals surface area contributed by atoms with Crippen molar-refractivity contribution in [1.82, 2.24) is 10.2 Å². The van der Waals surface area contributed by atoms with Crippen LogP contribution >= 0.6 is 0 Å². The first-order chi connectivity index (χ1) is 9.76. The van der Waals surface area contributed by atoms with E-state index in [4.69, 9.17) is 4.74 Å². The zero-order valence-corrected chi connectivity index (χ0v) is 11.2. The molecule has 0 fully saturated rings. The lowest BCUT2D eigenvalue weighted by Crippen LogP contribution is -2.33. The van der Waals surface area contributed by atoms with Gasteiger partial charge in [0.25, 0.3) is 0 Å². The van der Waals surface area contributed by atoms with Crippen molar-refractivity contribution in [3.05, 3.63) is 53.9 Å². The molecule has 1 unspecified atom stereocenters. The molecule has 0 spiro atoms. The first-order valence-corrected chi connectivity index (χ1v) is 6.35. The minimum Gasteiger partial charge on any atom is -0.463 e. The first-order valence-electron chi connectivity index (χ1n) is 6.35. The van der Waals surface area contributed by atoms with Crippen molar-refractivity contribution in [2.24, 2.45) is 0 Å². The molecule has 1 heterocycles. The molecule has 0 aliphatic carbocycles. The normalized spacial score (nSPS) is 16.9. The highest BCUT2D eigenvalue weighted by molar-refractivity contribution is 5.81. The predicted octanol–water partition coefficient (Wildman–Crippen LogP) is 1.79. The minimum atomic E-state index is -0.412. The topological polar surface area (TPSA) is 58.6 Å². The van der Waals surface area contributed by atoms with Crippen LogP contribution in [0.1, 0.15) is 24.2 Å². The van der Waals surface area contributed by atoms with Gasteiger partial charge in [-0.2, -0.15) is 0 Å². The summed E-state index contributed by atoms with van der Waals surface area (Å²) >= 11 is 0. The fourth-order valence-electron chi connectivity index (χ4n) is 2.04. The zero-order chi connectivity index (χ0) is 14.4. The van der Waals surface area contributed by atoms with Crippen molar-refractivity contribution in [2.45, 2.75) is 13.1 Å². The number of ether oxygens (including phenoxy) is 1. The van der Waals surface area contributed by atoms with Gasteiger partial charge in [0.1, 0.15) is 6.17 Å². The Morgan fingerprint density at radius 2 is 2.25 bits per heavy atom. The van der Waals surface area contributed by atoms with E-state index in [1.54, 1.807) is 24.2 Å². The van der Waals surface area contributed by atoms with Crippen molar-refractivity contribution in [3.63, 3.8) is 0 Å². The molecule has 20 heavy (non-hydrogen) atoms. The van der Waals surface area contributed by atoms with Crippen molar-refractivity contribution in [2.75, 3.05) is 6.61 Å². The number of carbonyl (C=O) groups is 2. The van der Waals surface area contributed by atoms with Crippen LogP contribution in [-0.2, 0) is 14.3 Å². The molecule has 1 amide bonds. The van der Waals surface area contributed by atoms with Gasteiger partial charge in [0.05, 0.1) is 6.61 Å². The maximum Gasteiger partial charge on any atom is 0.332 e. The number of carbonyl (C=O) groups excluding carboxylic acids is 2. The van der Waals surface area contributed by atoms with Gasteiger partial charge in [-0.15, -0.1) is 0 Å². The number of hydrogen-bond acceptors (Lipinski definition) is 4. The largest absolute Gasteiger partial charge is 0.463 e. The molecule has 1 N–H and O–H groups in total. The van der Waals surface area contributed by atoms with E-state index in [0.717, 1.165) is 11.1 Å². The SMILES string of the molecule is CCOC(=O)/C=C/N1C=Cc2ccccc2C1NC=O. The molecule has 0 aromatic heterocycles. The fraction of sp³-hybridized carbons (Fsp3) is 0.200. The summed E-state index contributed by atoms with van der Waals surface area (Å²) in [6.07, 6.45) is 6.96. The Bertz CT molecular complexity index is 552. The van der Waals surface area contributed by atoms with Gasteiger partial charge >= 0.3 is 5.97 Å². The summed E-state index contributed by atoms with van der Waals surface area (Å²) in [4.78, 5) is 23.9. The van der Waals surface area contributed by atoms with E-state index in [0.29, 0.717) is 13.0 Å². The lowest BCUT2D eigenvalue weighted by Gasteiger charge is -2.31. The van der Waals surface area contributed by atoms with Gasteiger partial charge in [-0.1, -0.05) is 24.3 Å². The van der Waals surface area contributed by atoms with E-state index in [2.05, 4.69) is 5.32 Å². The summed E-state index contributed by atoms with van der Waals surface area (Å²) in [6, 6.07) is 7.75. The van der Waals surface area contributed by atoms with Crippen LogP contribution in [0.25, 0.3) is 6.08 Å². The monoisotopic (exact) mass is 272 g/mol. The van der Waals surface area contributed by atoms with Crippen LogP contribution in [0.15, 0.2) is 42.7 Å². The third kappa shape index (κ3) is 3.06. The lowest BCUT2D eigenvalue weighted by atomic mass is 10.0. The molecule has 2 rings (SSSR count). The van der Waals surface area contributed by atoms with Crippen molar-refractivity contribution in [1.29, 1.82) is 0 Å². The van der Waals surface area contributed by atoms with Crippen molar-refractivity contribution in [3.8, 4) is 0 Å². The second-order valence-electron chi connectivity index (χ2n) is 4.15. The van der Waals surface area contributed by atoms with E-state index >= 15 is 0 Å². The van der Waals surface area contributed by atoms with Gasteiger partial charge < -0.3 is 15.0 Å². The van der Waals surface area contributed by atoms with Crippen LogP contribution in [-0.4, -0.2) is 23.9 Å². The molecule has 1 aromatic rings. The molecule has 1 atom stereocenters. The summed E-state index contributed by atoms with van der Waals surface area (Å²) in [5.41, 5.74) is 2.00. The van der Waals surface area contributed by atoms with E-state index in [9.17, 15) is 9.59 Å². The highest BCUT2D eigenvalue weighted by Gasteiger charge is 2.21. The Labute approximate surface area is 117 Å². The predicted molar refractivity (Wildman–Crippen MR) is 75.0 cm³/mol. The number of benzene rings is 1. The molecule has 5 heteroatoms. The number of hydrogen-bond donors (Lipinski definition) is 1. The lowest BCUT2D eigenvalue weighted by molar-refractivity contribution is -0.137. The molecule has 0 bridgehead atoms. The van der Waals surface area contributed by atoms with Gasteiger partial charge in [-0.3, -0.25) is 4.79 Å². The number of amides is 1. The molecular formula is C15H16N2O3. The average Bonchev–Trinajstić information content (AvgIpc) is 2.47. The number of nitrogens with one attached hydrogen (secondary N) is 1.